The second-order valence-electron chi connectivity index (χ2n) is 1.37. The first-order chi connectivity index (χ1) is 3.22. The second kappa shape index (κ2) is 1.46. The van der Waals surface area contributed by atoms with E-state index in [2.05, 4.69) is 19.2 Å². The lowest BCUT2D eigenvalue weighted by Crippen LogP contribution is -2.05. The van der Waals surface area contributed by atoms with E-state index in [4.69, 9.17) is 12.2 Å². The Balaban J connectivity index is 2.96. The van der Waals surface area contributed by atoms with Crippen LogP contribution in [0.2, 0.25) is 0 Å². The molecule has 0 saturated carbocycles. The lowest BCUT2D eigenvalue weighted by molar-refractivity contribution is 1.76. The van der Waals surface area contributed by atoms with Crippen LogP contribution in [0.4, 0.5) is 0 Å². The quantitative estimate of drug-likeness (QED) is 0.294. The van der Waals surface area contributed by atoms with E-state index < -0.39 is 0 Å². The highest BCUT2D eigenvalue weighted by Crippen LogP contribution is 2.24. The van der Waals surface area contributed by atoms with Gasteiger partial charge < -0.3 is 0 Å². The lowest BCUT2D eigenvalue weighted by Gasteiger charge is -2.11. The van der Waals surface area contributed by atoms with Gasteiger partial charge in [0.25, 0.3) is 0 Å². The Morgan fingerprint density at radius 1 is 1.71 bits per heavy atom. The molecule has 1 aliphatic rings. The molecule has 0 radical (unpaired) electrons. The minimum atomic E-state index is 0.838. The van der Waals surface area contributed by atoms with Crippen molar-refractivity contribution in [2.24, 2.45) is 0 Å². The first-order valence-electron chi connectivity index (χ1n) is 1.86. The Hall–Kier alpha value is -0.0800. The normalized spacial score (nSPS) is 18.7. The fraction of sp³-hybridized carbons (Fsp3) is 0. The molecule has 0 N–H and O–H groups in total. The summed E-state index contributed by atoms with van der Waals surface area (Å²) in [6.07, 6.45) is 1.82. The van der Waals surface area contributed by atoms with E-state index in [1.54, 1.807) is 0 Å². The zero-order chi connectivity index (χ0) is 5.44. The minimum absolute atomic E-state index is 0.838. The third kappa shape index (κ3) is 0.640. The summed E-state index contributed by atoms with van der Waals surface area (Å²) in [5.74, 6) is 0. The molecule has 0 amide bonds. The highest BCUT2D eigenvalue weighted by Gasteiger charge is 2.11. The van der Waals surface area contributed by atoms with E-state index in [0.717, 1.165) is 15.3 Å². The Morgan fingerprint density at radius 2 is 2.29 bits per heavy atom. The smallest absolute Gasteiger partial charge is 0.0465 e. The monoisotopic (exact) mass is 128 g/mol. The van der Waals surface area contributed by atoms with Crippen LogP contribution in [0.15, 0.2) is 23.1 Å². The Kier molecular flexibility index (Phi) is 1.05. The highest BCUT2D eigenvalue weighted by atomic mass is 32.1. The van der Waals surface area contributed by atoms with Crippen molar-refractivity contribution in [2.45, 2.75) is 0 Å². The molecule has 36 valence electrons. The standard InChI is InChI=1S/C5H4S2/c1-3-4(6)2-5(3)7/h2,6H,1H2. The van der Waals surface area contributed by atoms with Crippen LogP contribution >= 0.6 is 24.8 Å². The van der Waals surface area contributed by atoms with Gasteiger partial charge in [0, 0.05) is 9.77 Å². The Morgan fingerprint density at radius 3 is 2.29 bits per heavy atom. The van der Waals surface area contributed by atoms with Crippen molar-refractivity contribution in [2.75, 3.05) is 0 Å². The van der Waals surface area contributed by atoms with Crippen LogP contribution in [-0.2, 0) is 0 Å². The van der Waals surface area contributed by atoms with Crippen LogP contribution in [0.5, 0.6) is 0 Å². The topological polar surface area (TPSA) is 0 Å². The van der Waals surface area contributed by atoms with Crippen LogP contribution in [0, 0.1) is 0 Å². The van der Waals surface area contributed by atoms with Crippen molar-refractivity contribution in [1.29, 1.82) is 0 Å². The van der Waals surface area contributed by atoms with E-state index in [9.17, 15) is 0 Å². The van der Waals surface area contributed by atoms with Crippen molar-refractivity contribution in [1.82, 2.24) is 0 Å². The summed E-state index contributed by atoms with van der Waals surface area (Å²) in [6.45, 7) is 3.64. The maximum absolute atomic E-state index is 4.76. The molecular weight excluding hydrogens is 124 g/mol. The summed E-state index contributed by atoms with van der Waals surface area (Å²) in [4.78, 5) is 1.76. The van der Waals surface area contributed by atoms with Gasteiger partial charge in [0.15, 0.2) is 0 Å². The molecule has 0 bridgehead atoms. The van der Waals surface area contributed by atoms with E-state index >= 15 is 0 Å². The average molecular weight is 128 g/mol. The van der Waals surface area contributed by atoms with Gasteiger partial charge in [0.05, 0.1) is 0 Å². The molecule has 1 aliphatic carbocycles. The molecule has 7 heavy (non-hydrogen) atoms. The molecule has 0 aliphatic heterocycles. The molecule has 0 unspecified atom stereocenters. The summed E-state index contributed by atoms with van der Waals surface area (Å²) < 4.78 is 0. The van der Waals surface area contributed by atoms with E-state index in [1.165, 1.54) is 0 Å². The minimum Gasteiger partial charge on any atom is -0.143 e. The SMILES string of the molecule is C=C1C(=S)C=C1S. The fourth-order valence-electron chi connectivity index (χ4n) is 0.347. The lowest BCUT2D eigenvalue weighted by atomic mass is 10.1. The zero-order valence-electron chi connectivity index (χ0n) is 3.64. The number of hydrogen-bond donors (Lipinski definition) is 1. The van der Waals surface area contributed by atoms with E-state index in [0.29, 0.717) is 0 Å². The molecule has 0 atom stereocenters. The molecule has 0 aromatic heterocycles. The number of allylic oxidation sites excluding steroid dienone is 2. The highest BCUT2D eigenvalue weighted by molar-refractivity contribution is 7.86. The predicted molar refractivity (Wildman–Crippen MR) is 38.8 cm³/mol. The number of thiol groups is 1. The van der Waals surface area contributed by atoms with Crippen molar-refractivity contribution >= 4 is 29.7 Å². The molecule has 0 saturated heterocycles. The number of rotatable bonds is 0. The molecule has 0 spiro atoms. The second-order valence-corrected chi connectivity index (χ2v) is 2.29. The fourth-order valence-corrected chi connectivity index (χ4v) is 0.987. The van der Waals surface area contributed by atoms with Crippen LogP contribution in [0.1, 0.15) is 0 Å². The molecule has 0 fully saturated rings. The number of hydrogen-bond acceptors (Lipinski definition) is 2. The summed E-state index contributed by atoms with van der Waals surface area (Å²) in [7, 11) is 0. The third-order valence-corrected chi connectivity index (χ3v) is 1.64. The first-order valence-corrected chi connectivity index (χ1v) is 2.71. The van der Waals surface area contributed by atoms with Gasteiger partial charge in [-0.1, -0.05) is 18.8 Å². The third-order valence-electron chi connectivity index (χ3n) is 0.874. The van der Waals surface area contributed by atoms with Gasteiger partial charge in [0.1, 0.15) is 0 Å². The summed E-state index contributed by atoms with van der Waals surface area (Å²) >= 11 is 8.77. The molecule has 1 rings (SSSR count). The van der Waals surface area contributed by atoms with Gasteiger partial charge in [-0.25, -0.2) is 0 Å². The summed E-state index contributed by atoms with van der Waals surface area (Å²) in [5, 5.41) is 0. The van der Waals surface area contributed by atoms with Crippen LogP contribution in [0.3, 0.4) is 0 Å². The van der Waals surface area contributed by atoms with Crippen molar-refractivity contribution < 1.29 is 0 Å². The maximum Gasteiger partial charge on any atom is 0.0465 e. The van der Waals surface area contributed by atoms with E-state index in [1.807, 2.05) is 6.08 Å². The van der Waals surface area contributed by atoms with Gasteiger partial charge in [-0.15, -0.1) is 12.6 Å². The van der Waals surface area contributed by atoms with Crippen molar-refractivity contribution in [3.8, 4) is 0 Å². The molecule has 0 aromatic rings. The molecule has 0 heterocycles. The van der Waals surface area contributed by atoms with Gasteiger partial charge in [-0.05, 0) is 11.6 Å². The van der Waals surface area contributed by atoms with Crippen LogP contribution in [-0.4, -0.2) is 4.86 Å². The molecule has 0 aromatic carbocycles. The predicted octanol–water partition coefficient (Wildman–Crippen LogP) is 1.74. The molecule has 0 nitrogen and oxygen atoms in total. The van der Waals surface area contributed by atoms with Gasteiger partial charge in [-0.2, -0.15) is 0 Å². The maximum atomic E-state index is 4.76. The summed E-state index contributed by atoms with van der Waals surface area (Å²) in [6, 6.07) is 0. The van der Waals surface area contributed by atoms with Crippen molar-refractivity contribution in [3.63, 3.8) is 0 Å². The average Bonchev–Trinajstić information content (AvgIpc) is 1.68. The van der Waals surface area contributed by atoms with Gasteiger partial charge >= 0.3 is 0 Å². The number of thiocarbonyl (C=S) groups is 1. The largest absolute Gasteiger partial charge is 0.143 e. The molecular formula is C5H4S2. The zero-order valence-corrected chi connectivity index (χ0v) is 5.35. The van der Waals surface area contributed by atoms with E-state index in [-0.39, 0.29) is 0 Å². The van der Waals surface area contributed by atoms with Crippen LogP contribution in [0.25, 0.3) is 0 Å². The van der Waals surface area contributed by atoms with Crippen LogP contribution < -0.4 is 0 Å². The Labute approximate surface area is 53.3 Å². The summed E-state index contributed by atoms with van der Waals surface area (Å²) in [5.41, 5.74) is 0.901. The van der Waals surface area contributed by atoms with Crippen molar-refractivity contribution in [3.05, 3.63) is 23.1 Å². The molecule has 2 heteroatoms. The Bertz CT molecular complexity index is 165. The first kappa shape index (κ1) is 5.06. The van der Waals surface area contributed by atoms with Gasteiger partial charge in [-0.3, -0.25) is 0 Å². The van der Waals surface area contributed by atoms with Gasteiger partial charge in [0.2, 0.25) is 0 Å².